The van der Waals surface area contributed by atoms with Gasteiger partial charge in [-0.15, -0.1) is 0 Å². The predicted molar refractivity (Wildman–Crippen MR) is 69.9 cm³/mol. The number of benzene rings is 1. The maximum absolute atomic E-state index is 11.6. The zero-order chi connectivity index (χ0) is 13.7. The van der Waals surface area contributed by atoms with Crippen molar-refractivity contribution in [2.75, 3.05) is 0 Å². The van der Waals surface area contributed by atoms with Crippen LogP contribution in [0, 0.1) is 6.92 Å². The molecule has 1 aromatic carbocycles. The lowest BCUT2D eigenvalue weighted by atomic mass is 10.1. The minimum absolute atomic E-state index is 0.109. The molecule has 0 saturated heterocycles. The smallest absolute Gasteiger partial charge is 0.291 e. The van der Waals surface area contributed by atoms with Crippen molar-refractivity contribution in [3.8, 4) is 5.75 Å². The normalized spacial score (nSPS) is 10.6. The molecule has 2 N–H and O–H groups in total. The summed E-state index contributed by atoms with van der Waals surface area (Å²) in [4.78, 5) is 19.2. The van der Waals surface area contributed by atoms with Gasteiger partial charge in [-0.05, 0) is 24.6 Å². The maximum Gasteiger partial charge on any atom is 0.291 e. The number of aryl methyl sites for hydroxylation is 1. The van der Waals surface area contributed by atoms with Gasteiger partial charge in [-0.2, -0.15) is 5.10 Å². The first-order chi connectivity index (χ1) is 9.16. The Bertz CT molecular complexity index is 611. The van der Waals surface area contributed by atoms with E-state index in [0.717, 1.165) is 5.56 Å². The molecule has 0 fully saturated rings. The van der Waals surface area contributed by atoms with Gasteiger partial charge in [0.25, 0.3) is 5.91 Å². The molecule has 1 aromatic heterocycles. The second-order valence-corrected chi connectivity index (χ2v) is 3.85. The van der Waals surface area contributed by atoms with Crippen molar-refractivity contribution in [3.63, 3.8) is 0 Å². The van der Waals surface area contributed by atoms with Crippen LogP contribution in [-0.4, -0.2) is 27.2 Å². The number of aromatic hydroxyl groups is 1. The molecule has 0 spiro atoms. The van der Waals surface area contributed by atoms with Gasteiger partial charge in [0.1, 0.15) is 11.4 Å². The van der Waals surface area contributed by atoms with E-state index in [1.165, 1.54) is 24.8 Å². The van der Waals surface area contributed by atoms with E-state index >= 15 is 0 Å². The Morgan fingerprint density at radius 1 is 1.42 bits per heavy atom. The number of phenolic OH excluding ortho intramolecular Hbond substituents is 1. The van der Waals surface area contributed by atoms with E-state index in [1.54, 1.807) is 12.1 Å². The molecular weight excluding hydrogens is 244 g/mol. The fourth-order valence-corrected chi connectivity index (χ4v) is 1.40. The van der Waals surface area contributed by atoms with Crippen LogP contribution >= 0.6 is 0 Å². The molecule has 0 saturated carbocycles. The summed E-state index contributed by atoms with van der Waals surface area (Å²) in [6.45, 7) is 1.87. The van der Waals surface area contributed by atoms with E-state index in [0.29, 0.717) is 5.56 Å². The summed E-state index contributed by atoms with van der Waals surface area (Å²) in [5, 5.41) is 13.4. The monoisotopic (exact) mass is 256 g/mol. The minimum atomic E-state index is -0.462. The number of phenols is 1. The number of nitrogens with one attached hydrogen (secondary N) is 1. The van der Waals surface area contributed by atoms with Crippen molar-refractivity contribution in [3.05, 3.63) is 53.6 Å². The van der Waals surface area contributed by atoms with Gasteiger partial charge >= 0.3 is 0 Å². The van der Waals surface area contributed by atoms with Crippen molar-refractivity contribution in [1.29, 1.82) is 0 Å². The summed E-state index contributed by atoms with van der Waals surface area (Å²) in [6.07, 6.45) is 5.60. The summed E-state index contributed by atoms with van der Waals surface area (Å²) in [5.41, 5.74) is 3.94. The van der Waals surface area contributed by atoms with E-state index in [9.17, 15) is 9.90 Å². The average Bonchev–Trinajstić information content (AvgIpc) is 2.42. The third-order valence-electron chi connectivity index (χ3n) is 2.35. The number of amides is 1. The van der Waals surface area contributed by atoms with Crippen LogP contribution in [0.4, 0.5) is 0 Å². The summed E-state index contributed by atoms with van der Waals surface area (Å²) < 4.78 is 0. The van der Waals surface area contributed by atoms with Crippen molar-refractivity contribution in [1.82, 2.24) is 15.4 Å². The summed E-state index contributed by atoms with van der Waals surface area (Å²) in [6, 6.07) is 5.17. The Morgan fingerprint density at radius 2 is 2.26 bits per heavy atom. The van der Waals surface area contributed by atoms with Gasteiger partial charge in [0.2, 0.25) is 0 Å². The van der Waals surface area contributed by atoms with E-state index in [2.05, 4.69) is 20.5 Å². The van der Waals surface area contributed by atoms with Crippen molar-refractivity contribution >= 4 is 12.1 Å². The Labute approximate surface area is 109 Å². The third kappa shape index (κ3) is 3.35. The van der Waals surface area contributed by atoms with Gasteiger partial charge in [-0.1, -0.05) is 6.07 Å². The Balaban J connectivity index is 2.02. The lowest BCUT2D eigenvalue weighted by Gasteiger charge is -2.00. The molecule has 2 aromatic rings. The molecule has 0 radical (unpaired) electrons. The molecule has 0 atom stereocenters. The number of hydrazone groups is 1. The number of rotatable bonds is 3. The van der Waals surface area contributed by atoms with Gasteiger partial charge in [0.15, 0.2) is 0 Å². The van der Waals surface area contributed by atoms with Crippen molar-refractivity contribution in [2.45, 2.75) is 6.92 Å². The van der Waals surface area contributed by atoms with Crippen LogP contribution in [0.3, 0.4) is 0 Å². The Morgan fingerprint density at radius 3 is 2.95 bits per heavy atom. The Kier molecular flexibility index (Phi) is 3.82. The molecule has 0 aliphatic rings. The molecule has 96 valence electrons. The Hall–Kier alpha value is -2.76. The van der Waals surface area contributed by atoms with E-state index in [1.807, 2.05) is 13.0 Å². The van der Waals surface area contributed by atoms with Crippen LogP contribution in [0.15, 0.2) is 41.9 Å². The number of nitrogens with zero attached hydrogens (tertiary/aromatic N) is 3. The maximum atomic E-state index is 11.6. The molecule has 6 nitrogen and oxygen atoms in total. The molecule has 0 unspecified atom stereocenters. The van der Waals surface area contributed by atoms with Crippen molar-refractivity contribution < 1.29 is 9.90 Å². The van der Waals surface area contributed by atoms with Crippen LogP contribution in [0.5, 0.6) is 5.75 Å². The molecule has 0 aliphatic carbocycles. The lowest BCUT2D eigenvalue weighted by molar-refractivity contribution is 0.0949. The quantitative estimate of drug-likeness (QED) is 0.639. The summed E-state index contributed by atoms with van der Waals surface area (Å²) in [5.74, 6) is -0.353. The molecule has 19 heavy (non-hydrogen) atoms. The van der Waals surface area contributed by atoms with E-state index in [4.69, 9.17) is 0 Å². The highest BCUT2D eigenvalue weighted by atomic mass is 16.3. The summed E-state index contributed by atoms with van der Waals surface area (Å²) >= 11 is 0. The fraction of sp³-hybridized carbons (Fsp3) is 0.0769. The van der Waals surface area contributed by atoms with Crippen molar-refractivity contribution in [2.24, 2.45) is 5.10 Å². The van der Waals surface area contributed by atoms with Crippen LogP contribution in [0.1, 0.15) is 21.6 Å². The highest BCUT2D eigenvalue weighted by Gasteiger charge is 2.04. The predicted octanol–water partition coefficient (Wildman–Crippen LogP) is 1.25. The molecule has 0 aliphatic heterocycles. The molecular formula is C13H12N4O2. The van der Waals surface area contributed by atoms with Crippen LogP contribution in [0.2, 0.25) is 0 Å². The number of aromatic nitrogens is 2. The molecule has 0 bridgehead atoms. The number of hydrogen-bond acceptors (Lipinski definition) is 5. The topological polar surface area (TPSA) is 87.5 Å². The van der Waals surface area contributed by atoms with Crippen LogP contribution in [0.25, 0.3) is 0 Å². The SMILES string of the molecule is Cc1ccc(/C=N/NC(=O)c2cnccn2)c(O)c1. The minimum Gasteiger partial charge on any atom is -0.507 e. The molecule has 1 amide bonds. The van der Waals surface area contributed by atoms with E-state index in [-0.39, 0.29) is 11.4 Å². The molecule has 2 rings (SSSR count). The van der Waals surface area contributed by atoms with Gasteiger partial charge in [0, 0.05) is 18.0 Å². The van der Waals surface area contributed by atoms with Gasteiger partial charge in [0.05, 0.1) is 12.4 Å². The second kappa shape index (κ2) is 5.72. The second-order valence-electron chi connectivity index (χ2n) is 3.85. The van der Waals surface area contributed by atoms with Crippen LogP contribution < -0.4 is 5.43 Å². The van der Waals surface area contributed by atoms with Crippen LogP contribution in [-0.2, 0) is 0 Å². The highest BCUT2D eigenvalue weighted by Crippen LogP contribution is 2.15. The number of hydrogen-bond donors (Lipinski definition) is 2. The first kappa shape index (κ1) is 12.7. The zero-order valence-electron chi connectivity index (χ0n) is 10.2. The molecule has 6 heteroatoms. The zero-order valence-corrected chi connectivity index (χ0v) is 10.2. The first-order valence-electron chi connectivity index (χ1n) is 5.56. The summed E-state index contributed by atoms with van der Waals surface area (Å²) in [7, 11) is 0. The third-order valence-corrected chi connectivity index (χ3v) is 2.35. The first-order valence-corrected chi connectivity index (χ1v) is 5.56. The highest BCUT2D eigenvalue weighted by molar-refractivity contribution is 5.93. The van der Waals surface area contributed by atoms with E-state index < -0.39 is 5.91 Å². The number of carbonyl (C=O) groups is 1. The van der Waals surface area contributed by atoms with Gasteiger partial charge in [-0.3, -0.25) is 9.78 Å². The van der Waals surface area contributed by atoms with Gasteiger partial charge in [-0.25, -0.2) is 10.4 Å². The molecule has 1 heterocycles. The standard InChI is InChI=1S/C13H12N4O2/c1-9-2-3-10(12(18)6-9)7-16-17-13(19)11-8-14-4-5-15-11/h2-8,18H,1H3,(H,17,19)/b16-7+. The number of carbonyl (C=O) groups excluding carboxylic acids is 1. The fourth-order valence-electron chi connectivity index (χ4n) is 1.40. The largest absolute Gasteiger partial charge is 0.507 e. The average molecular weight is 256 g/mol. The van der Waals surface area contributed by atoms with Gasteiger partial charge < -0.3 is 5.11 Å². The lowest BCUT2D eigenvalue weighted by Crippen LogP contribution is -2.19.